The Labute approximate surface area is 159 Å². The van der Waals surface area contributed by atoms with Gasteiger partial charge in [0.1, 0.15) is 11.5 Å². The number of carbonyl (C=O) groups excluding carboxylic acids is 1. The highest BCUT2D eigenvalue weighted by atomic mass is 16.5. The van der Waals surface area contributed by atoms with E-state index in [1.165, 1.54) is 0 Å². The lowest BCUT2D eigenvalue weighted by Crippen LogP contribution is -2.32. The van der Waals surface area contributed by atoms with Crippen molar-refractivity contribution in [1.82, 2.24) is 9.88 Å². The second-order valence-electron chi connectivity index (χ2n) is 6.05. The summed E-state index contributed by atoms with van der Waals surface area (Å²) in [6.45, 7) is 0. The van der Waals surface area contributed by atoms with E-state index in [-0.39, 0.29) is 11.9 Å². The summed E-state index contributed by atoms with van der Waals surface area (Å²) in [6.07, 6.45) is 1.73. The van der Waals surface area contributed by atoms with Crippen LogP contribution in [0.1, 0.15) is 27.7 Å². The lowest BCUT2D eigenvalue weighted by atomic mass is 10.0. The van der Waals surface area contributed by atoms with Gasteiger partial charge in [-0.25, -0.2) is 0 Å². The highest BCUT2D eigenvalue weighted by molar-refractivity contribution is 5.97. The molecular formula is C22H22N2O3. The zero-order valence-electron chi connectivity index (χ0n) is 15.6. The molecule has 1 aromatic heterocycles. The monoisotopic (exact) mass is 362 g/mol. The van der Waals surface area contributed by atoms with Crippen molar-refractivity contribution in [2.75, 3.05) is 21.3 Å². The summed E-state index contributed by atoms with van der Waals surface area (Å²) in [5.41, 5.74) is 2.25. The number of hydrogen-bond acceptors (Lipinski definition) is 4. The molecule has 3 rings (SSSR count). The van der Waals surface area contributed by atoms with Crippen molar-refractivity contribution in [2.24, 2.45) is 0 Å². The Morgan fingerprint density at radius 3 is 2.33 bits per heavy atom. The predicted molar refractivity (Wildman–Crippen MR) is 104 cm³/mol. The smallest absolute Gasteiger partial charge is 0.258 e. The highest BCUT2D eigenvalue weighted by Crippen LogP contribution is 2.31. The fraction of sp³-hybridized carbons (Fsp3) is 0.182. The molecule has 0 radical (unpaired) electrons. The molecule has 0 bridgehead atoms. The average Bonchev–Trinajstić information content (AvgIpc) is 2.74. The van der Waals surface area contributed by atoms with E-state index in [4.69, 9.17) is 9.47 Å². The third kappa shape index (κ3) is 3.92. The van der Waals surface area contributed by atoms with Crippen LogP contribution < -0.4 is 9.47 Å². The summed E-state index contributed by atoms with van der Waals surface area (Å²) < 4.78 is 10.6. The van der Waals surface area contributed by atoms with Gasteiger partial charge in [0.2, 0.25) is 0 Å². The van der Waals surface area contributed by atoms with Crippen LogP contribution in [0.5, 0.6) is 11.5 Å². The molecule has 1 unspecified atom stereocenters. The van der Waals surface area contributed by atoms with E-state index in [9.17, 15) is 4.79 Å². The molecule has 27 heavy (non-hydrogen) atoms. The van der Waals surface area contributed by atoms with Gasteiger partial charge in [0, 0.05) is 19.3 Å². The van der Waals surface area contributed by atoms with Crippen LogP contribution in [0.4, 0.5) is 0 Å². The lowest BCUT2D eigenvalue weighted by Gasteiger charge is -2.29. The van der Waals surface area contributed by atoms with Crippen LogP contribution in [-0.4, -0.2) is 37.1 Å². The first-order valence-corrected chi connectivity index (χ1v) is 8.60. The number of hydrogen-bond donors (Lipinski definition) is 0. The van der Waals surface area contributed by atoms with Crippen LogP contribution in [0.3, 0.4) is 0 Å². The van der Waals surface area contributed by atoms with Crippen LogP contribution in [0.2, 0.25) is 0 Å². The van der Waals surface area contributed by atoms with Gasteiger partial charge in [0.05, 0.1) is 31.5 Å². The zero-order chi connectivity index (χ0) is 19.2. The maximum absolute atomic E-state index is 13.3. The van der Waals surface area contributed by atoms with E-state index in [1.54, 1.807) is 50.6 Å². The van der Waals surface area contributed by atoms with Gasteiger partial charge >= 0.3 is 0 Å². The van der Waals surface area contributed by atoms with Gasteiger partial charge in [-0.15, -0.1) is 0 Å². The Kier molecular flexibility index (Phi) is 5.71. The van der Waals surface area contributed by atoms with Gasteiger partial charge in [-0.05, 0) is 29.8 Å². The largest absolute Gasteiger partial charge is 0.497 e. The summed E-state index contributed by atoms with van der Waals surface area (Å²) >= 11 is 0. The molecule has 1 heterocycles. The van der Waals surface area contributed by atoms with E-state index >= 15 is 0 Å². The number of amides is 1. The molecule has 5 nitrogen and oxygen atoms in total. The lowest BCUT2D eigenvalue weighted by molar-refractivity contribution is 0.0749. The number of carbonyl (C=O) groups is 1. The molecule has 0 spiro atoms. The molecule has 1 atom stereocenters. The minimum atomic E-state index is -0.313. The van der Waals surface area contributed by atoms with Gasteiger partial charge < -0.3 is 14.4 Å². The van der Waals surface area contributed by atoms with Crippen LogP contribution in [0.15, 0.2) is 72.9 Å². The number of nitrogens with zero attached hydrogens (tertiary/aromatic N) is 2. The molecule has 5 heteroatoms. The summed E-state index contributed by atoms with van der Waals surface area (Å²) in [5, 5.41) is 0. The van der Waals surface area contributed by atoms with Crippen LogP contribution in [0, 0.1) is 0 Å². The van der Waals surface area contributed by atoms with E-state index in [0.29, 0.717) is 17.1 Å². The van der Waals surface area contributed by atoms with Gasteiger partial charge in [-0.1, -0.05) is 36.4 Å². The molecule has 138 valence electrons. The number of ether oxygens (including phenoxy) is 2. The number of methoxy groups -OCH3 is 2. The summed E-state index contributed by atoms with van der Waals surface area (Å²) in [4.78, 5) is 19.4. The van der Waals surface area contributed by atoms with Crippen molar-refractivity contribution >= 4 is 5.91 Å². The molecular weight excluding hydrogens is 340 g/mol. The summed E-state index contributed by atoms with van der Waals surface area (Å²) in [7, 11) is 4.90. The van der Waals surface area contributed by atoms with Crippen LogP contribution in [-0.2, 0) is 0 Å². The number of aromatic nitrogens is 1. The van der Waals surface area contributed by atoms with Crippen molar-refractivity contribution in [3.63, 3.8) is 0 Å². The molecule has 0 saturated carbocycles. The van der Waals surface area contributed by atoms with Crippen LogP contribution in [0.25, 0.3) is 0 Å². The van der Waals surface area contributed by atoms with E-state index in [2.05, 4.69) is 4.98 Å². The predicted octanol–water partition coefficient (Wildman–Crippen LogP) is 3.96. The molecule has 0 aliphatic carbocycles. The number of rotatable bonds is 6. The first kappa shape index (κ1) is 18.5. The minimum Gasteiger partial charge on any atom is -0.497 e. The van der Waals surface area contributed by atoms with Gasteiger partial charge in [-0.2, -0.15) is 0 Å². The van der Waals surface area contributed by atoms with Gasteiger partial charge in [0.25, 0.3) is 5.91 Å². The van der Waals surface area contributed by atoms with E-state index in [0.717, 1.165) is 11.3 Å². The van der Waals surface area contributed by atoms with Crippen molar-refractivity contribution < 1.29 is 14.3 Å². The molecule has 2 aromatic carbocycles. The fourth-order valence-electron chi connectivity index (χ4n) is 3.05. The zero-order valence-corrected chi connectivity index (χ0v) is 15.6. The molecule has 0 aliphatic rings. The van der Waals surface area contributed by atoms with Gasteiger partial charge in [-0.3, -0.25) is 9.78 Å². The third-order valence-electron chi connectivity index (χ3n) is 4.43. The molecule has 0 N–H and O–H groups in total. The Morgan fingerprint density at radius 1 is 0.963 bits per heavy atom. The topological polar surface area (TPSA) is 51.7 Å². The Bertz CT molecular complexity index is 858. The third-order valence-corrected chi connectivity index (χ3v) is 4.43. The molecule has 3 aromatic rings. The van der Waals surface area contributed by atoms with E-state index in [1.807, 2.05) is 48.5 Å². The Morgan fingerprint density at radius 2 is 1.70 bits per heavy atom. The van der Waals surface area contributed by atoms with Crippen molar-refractivity contribution in [3.8, 4) is 11.5 Å². The molecule has 0 aliphatic heterocycles. The first-order chi connectivity index (χ1) is 13.2. The number of benzene rings is 2. The maximum atomic E-state index is 13.3. The van der Waals surface area contributed by atoms with E-state index < -0.39 is 0 Å². The fourth-order valence-corrected chi connectivity index (χ4v) is 3.05. The Hall–Kier alpha value is -3.34. The second-order valence-corrected chi connectivity index (χ2v) is 6.05. The van der Waals surface area contributed by atoms with Crippen molar-refractivity contribution in [3.05, 3.63) is 89.7 Å². The summed E-state index contributed by atoms with van der Waals surface area (Å²) in [5.74, 6) is 0.948. The molecule has 0 saturated heterocycles. The first-order valence-electron chi connectivity index (χ1n) is 8.60. The summed E-state index contributed by atoms with van der Waals surface area (Å²) in [6, 6.07) is 20.4. The van der Waals surface area contributed by atoms with Crippen molar-refractivity contribution in [1.29, 1.82) is 0 Å². The molecule has 0 fully saturated rings. The van der Waals surface area contributed by atoms with Crippen molar-refractivity contribution in [2.45, 2.75) is 6.04 Å². The number of pyridine rings is 1. The SMILES string of the molecule is COc1ccc(C(=O)N(C)C(c2ccccc2)c2ccccn2)c(OC)c1. The molecule has 1 amide bonds. The standard InChI is InChI=1S/C22H22N2O3/c1-24(22(25)18-13-12-17(26-2)15-20(18)27-3)21(16-9-5-4-6-10-16)19-11-7-8-14-23-19/h4-15,21H,1-3H3. The van der Waals surface area contributed by atoms with Crippen LogP contribution >= 0.6 is 0 Å². The highest BCUT2D eigenvalue weighted by Gasteiger charge is 2.27. The normalized spacial score (nSPS) is 11.5. The maximum Gasteiger partial charge on any atom is 0.258 e. The quantitative estimate of drug-likeness (QED) is 0.666. The van der Waals surface area contributed by atoms with Gasteiger partial charge in [0.15, 0.2) is 0 Å². The minimum absolute atomic E-state index is 0.158. The Balaban J connectivity index is 2.02. The average molecular weight is 362 g/mol. The second kappa shape index (κ2) is 8.36.